The molecule has 0 saturated carbocycles. The quantitative estimate of drug-likeness (QED) is 0.668. The Balaban J connectivity index is 1.75. The fourth-order valence-corrected chi connectivity index (χ4v) is 2.64. The topological polar surface area (TPSA) is 106 Å². The van der Waals surface area contributed by atoms with E-state index >= 15 is 0 Å². The van der Waals surface area contributed by atoms with Crippen LogP contribution < -0.4 is 10.6 Å². The summed E-state index contributed by atoms with van der Waals surface area (Å²) in [4.78, 5) is 34.0. The van der Waals surface area contributed by atoms with Gasteiger partial charge in [-0.1, -0.05) is 0 Å². The van der Waals surface area contributed by atoms with Crippen LogP contribution in [-0.2, 0) is 9.47 Å². The number of amides is 2. The minimum absolute atomic E-state index is 0.0278. The number of carbonyl (C=O) groups excluding carboxylic acids is 2. The van der Waals surface area contributed by atoms with Crippen molar-refractivity contribution in [1.82, 2.24) is 20.2 Å². The Kier molecular flexibility index (Phi) is 8.07. The van der Waals surface area contributed by atoms with Crippen molar-refractivity contribution < 1.29 is 19.1 Å². The Hall–Kier alpha value is -2.42. The molecule has 144 valence electrons. The van der Waals surface area contributed by atoms with E-state index in [0.717, 1.165) is 6.42 Å². The fourth-order valence-electron chi connectivity index (χ4n) is 2.64. The molecule has 2 amide bonds. The molecule has 1 aliphatic rings. The van der Waals surface area contributed by atoms with Crippen LogP contribution in [0.4, 0.5) is 10.7 Å². The highest BCUT2D eigenvalue weighted by molar-refractivity contribution is 5.93. The van der Waals surface area contributed by atoms with Crippen molar-refractivity contribution in [3.05, 3.63) is 18.0 Å². The highest BCUT2D eigenvalue weighted by atomic mass is 16.6. The van der Waals surface area contributed by atoms with Gasteiger partial charge in [0.2, 0.25) is 5.95 Å². The lowest BCUT2D eigenvalue weighted by Gasteiger charge is -2.31. The van der Waals surface area contributed by atoms with E-state index in [1.807, 2.05) is 0 Å². The number of nitrogens with one attached hydrogen (secondary N) is 2. The molecule has 0 aliphatic carbocycles. The Labute approximate surface area is 153 Å². The molecular weight excluding hydrogens is 338 g/mol. The molecule has 2 N–H and O–H groups in total. The second-order valence-corrected chi connectivity index (χ2v) is 6.00. The van der Waals surface area contributed by atoms with Gasteiger partial charge in [0.1, 0.15) is 0 Å². The molecule has 1 fully saturated rings. The summed E-state index contributed by atoms with van der Waals surface area (Å²) < 4.78 is 9.96. The van der Waals surface area contributed by atoms with Crippen molar-refractivity contribution in [1.29, 1.82) is 0 Å². The van der Waals surface area contributed by atoms with Gasteiger partial charge in [-0.15, -0.1) is 0 Å². The van der Waals surface area contributed by atoms with Crippen LogP contribution in [0, 0.1) is 0 Å². The molecule has 0 unspecified atom stereocenters. The van der Waals surface area contributed by atoms with Gasteiger partial charge in [-0.2, -0.15) is 0 Å². The fraction of sp³-hybridized carbons (Fsp3) is 0.647. The molecule has 2 rings (SSSR count). The molecule has 0 aromatic carbocycles. The number of hydrogen-bond acceptors (Lipinski definition) is 7. The number of methoxy groups -OCH3 is 1. The number of carbonyl (C=O) groups is 2. The Morgan fingerprint density at radius 3 is 2.58 bits per heavy atom. The number of anilines is 1. The third-order valence-corrected chi connectivity index (χ3v) is 4.08. The van der Waals surface area contributed by atoms with Gasteiger partial charge in [0, 0.05) is 51.8 Å². The standard InChI is InChI=1S/C17H27N5O4/c1-3-26-17(24)22-8-5-14(6-9-22)21-15(23)13-11-19-16(20-12-13)18-7-4-10-25-2/h11-12,14H,3-10H2,1-2H3,(H,21,23)(H,18,19,20). The number of nitrogens with zero attached hydrogens (tertiary/aromatic N) is 3. The number of hydrogen-bond donors (Lipinski definition) is 2. The molecule has 0 radical (unpaired) electrons. The SMILES string of the molecule is CCOC(=O)N1CCC(NC(=O)c2cnc(NCCCOC)nc2)CC1. The Morgan fingerprint density at radius 2 is 1.96 bits per heavy atom. The second-order valence-electron chi connectivity index (χ2n) is 6.00. The molecule has 2 heterocycles. The predicted molar refractivity (Wildman–Crippen MR) is 96.1 cm³/mol. The molecule has 0 spiro atoms. The Bertz CT molecular complexity index is 573. The average molecular weight is 365 g/mol. The van der Waals surface area contributed by atoms with Crippen LogP contribution >= 0.6 is 0 Å². The van der Waals surface area contributed by atoms with E-state index in [2.05, 4.69) is 20.6 Å². The van der Waals surface area contributed by atoms with Crippen LogP contribution in [0.25, 0.3) is 0 Å². The van der Waals surface area contributed by atoms with E-state index in [1.165, 1.54) is 12.4 Å². The Morgan fingerprint density at radius 1 is 1.27 bits per heavy atom. The summed E-state index contributed by atoms with van der Waals surface area (Å²) in [5.74, 6) is 0.283. The molecule has 1 saturated heterocycles. The molecule has 9 heteroatoms. The molecule has 1 aliphatic heterocycles. The molecule has 1 aromatic heterocycles. The van der Waals surface area contributed by atoms with Gasteiger partial charge in [-0.05, 0) is 26.2 Å². The smallest absolute Gasteiger partial charge is 0.409 e. The second kappa shape index (κ2) is 10.5. The summed E-state index contributed by atoms with van der Waals surface area (Å²) in [5, 5.41) is 6.04. The third-order valence-electron chi connectivity index (χ3n) is 4.08. The first kappa shape index (κ1) is 19.9. The zero-order valence-electron chi connectivity index (χ0n) is 15.4. The average Bonchev–Trinajstić information content (AvgIpc) is 2.66. The van der Waals surface area contributed by atoms with E-state index in [1.54, 1.807) is 18.9 Å². The van der Waals surface area contributed by atoms with E-state index in [9.17, 15) is 9.59 Å². The van der Waals surface area contributed by atoms with E-state index in [-0.39, 0.29) is 18.0 Å². The maximum Gasteiger partial charge on any atom is 0.409 e. The van der Waals surface area contributed by atoms with E-state index in [0.29, 0.717) is 57.2 Å². The lowest BCUT2D eigenvalue weighted by Crippen LogP contribution is -2.46. The van der Waals surface area contributed by atoms with Crippen molar-refractivity contribution >= 4 is 17.9 Å². The van der Waals surface area contributed by atoms with E-state index in [4.69, 9.17) is 9.47 Å². The first-order chi connectivity index (χ1) is 12.6. The molecule has 0 atom stereocenters. The van der Waals surface area contributed by atoms with Crippen LogP contribution in [0.15, 0.2) is 12.4 Å². The summed E-state index contributed by atoms with van der Waals surface area (Å²) in [5.41, 5.74) is 0.417. The largest absolute Gasteiger partial charge is 0.450 e. The van der Waals surface area contributed by atoms with Gasteiger partial charge in [0.25, 0.3) is 5.91 Å². The van der Waals surface area contributed by atoms with Gasteiger partial charge < -0.3 is 25.0 Å². The summed E-state index contributed by atoms with van der Waals surface area (Å²) >= 11 is 0. The van der Waals surface area contributed by atoms with Crippen LogP contribution in [0.5, 0.6) is 0 Å². The molecule has 26 heavy (non-hydrogen) atoms. The number of rotatable bonds is 8. The molecular formula is C17H27N5O4. The minimum atomic E-state index is -0.292. The van der Waals surface area contributed by atoms with Gasteiger partial charge >= 0.3 is 6.09 Å². The lowest BCUT2D eigenvalue weighted by atomic mass is 10.1. The summed E-state index contributed by atoms with van der Waals surface area (Å²) in [6.07, 6.45) is 4.98. The normalized spacial score (nSPS) is 14.8. The van der Waals surface area contributed by atoms with Crippen LogP contribution in [0.2, 0.25) is 0 Å². The summed E-state index contributed by atoms with van der Waals surface area (Å²) in [7, 11) is 1.66. The lowest BCUT2D eigenvalue weighted by molar-refractivity contribution is 0.0859. The predicted octanol–water partition coefficient (Wildman–Crippen LogP) is 1.28. The maximum absolute atomic E-state index is 12.3. The van der Waals surface area contributed by atoms with Gasteiger partial charge in [0.05, 0.1) is 12.2 Å². The minimum Gasteiger partial charge on any atom is -0.450 e. The monoisotopic (exact) mass is 365 g/mol. The van der Waals surface area contributed by atoms with Crippen molar-refractivity contribution in [2.24, 2.45) is 0 Å². The van der Waals surface area contributed by atoms with E-state index < -0.39 is 0 Å². The van der Waals surface area contributed by atoms with Gasteiger partial charge in [-0.3, -0.25) is 4.79 Å². The molecule has 0 bridgehead atoms. The molecule has 9 nitrogen and oxygen atoms in total. The maximum atomic E-state index is 12.3. The van der Waals surface area contributed by atoms with Crippen LogP contribution in [-0.4, -0.2) is 72.9 Å². The first-order valence-corrected chi connectivity index (χ1v) is 8.91. The summed E-state index contributed by atoms with van der Waals surface area (Å²) in [6.45, 7) is 4.68. The van der Waals surface area contributed by atoms with Crippen LogP contribution in [0.1, 0.15) is 36.5 Å². The zero-order chi connectivity index (χ0) is 18.8. The van der Waals surface area contributed by atoms with Gasteiger partial charge in [0.15, 0.2) is 0 Å². The zero-order valence-corrected chi connectivity index (χ0v) is 15.4. The highest BCUT2D eigenvalue weighted by Gasteiger charge is 2.24. The van der Waals surface area contributed by atoms with Crippen molar-refractivity contribution in [2.45, 2.75) is 32.2 Å². The van der Waals surface area contributed by atoms with Crippen LogP contribution in [0.3, 0.4) is 0 Å². The van der Waals surface area contributed by atoms with Crippen molar-refractivity contribution in [2.75, 3.05) is 45.3 Å². The highest BCUT2D eigenvalue weighted by Crippen LogP contribution is 2.12. The number of ether oxygens (including phenoxy) is 2. The van der Waals surface area contributed by atoms with Gasteiger partial charge in [-0.25, -0.2) is 14.8 Å². The van der Waals surface area contributed by atoms with Crippen molar-refractivity contribution in [3.8, 4) is 0 Å². The molecule has 1 aromatic rings. The number of piperidine rings is 1. The third kappa shape index (κ3) is 6.14. The number of aromatic nitrogens is 2. The summed E-state index contributed by atoms with van der Waals surface area (Å²) in [6, 6.07) is 0.0278. The van der Waals surface area contributed by atoms with Crippen molar-refractivity contribution in [3.63, 3.8) is 0 Å². The number of likely N-dealkylation sites (tertiary alicyclic amines) is 1. The first-order valence-electron chi connectivity index (χ1n) is 8.91.